The highest BCUT2D eigenvalue weighted by Crippen LogP contribution is 2.23. The molecule has 0 radical (unpaired) electrons. The molecule has 7 heteroatoms. The molecule has 2 amide bonds. The second kappa shape index (κ2) is 8.67. The highest BCUT2D eigenvalue weighted by atomic mass is 16.5. The largest absolute Gasteiger partial charge is 0.368 e. The summed E-state index contributed by atoms with van der Waals surface area (Å²) in [6.45, 7) is 4.69. The van der Waals surface area contributed by atoms with Crippen LogP contribution in [0.5, 0.6) is 0 Å². The van der Waals surface area contributed by atoms with E-state index in [-0.39, 0.29) is 23.8 Å². The average molecular weight is 406 g/mol. The molecule has 2 atom stereocenters. The summed E-state index contributed by atoms with van der Waals surface area (Å²) in [5.74, 6) is 0.467. The van der Waals surface area contributed by atoms with E-state index in [0.717, 1.165) is 29.7 Å². The number of aromatic amines is 1. The molecule has 0 spiro atoms. The van der Waals surface area contributed by atoms with Crippen LogP contribution in [0.4, 0.5) is 5.69 Å². The van der Waals surface area contributed by atoms with E-state index < -0.39 is 6.10 Å². The third kappa shape index (κ3) is 4.36. The van der Waals surface area contributed by atoms with Gasteiger partial charge in [0.2, 0.25) is 0 Å². The quantitative estimate of drug-likeness (QED) is 0.580. The summed E-state index contributed by atoms with van der Waals surface area (Å²) in [6.07, 6.45) is 1.19. The van der Waals surface area contributed by atoms with Crippen molar-refractivity contribution >= 4 is 28.5 Å². The number of carbonyl (C=O) groups excluding carboxylic acids is 2. The molecule has 2 aromatic carbocycles. The van der Waals surface area contributed by atoms with E-state index in [1.807, 2.05) is 38.1 Å². The van der Waals surface area contributed by atoms with E-state index in [9.17, 15) is 9.59 Å². The maximum absolute atomic E-state index is 13.0. The molecule has 0 saturated carbocycles. The smallest absolute Gasteiger partial charge is 0.253 e. The van der Waals surface area contributed by atoms with Crippen molar-refractivity contribution < 1.29 is 14.3 Å². The monoisotopic (exact) mass is 406 g/mol. The minimum absolute atomic E-state index is 0.136. The molecule has 3 N–H and O–H groups in total. The molecule has 0 aliphatic carbocycles. The number of hydrogen-bond donors (Lipinski definition) is 3. The molecule has 2 heterocycles. The molecule has 0 bridgehead atoms. The van der Waals surface area contributed by atoms with Gasteiger partial charge >= 0.3 is 0 Å². The number of anilines is 1. The summed E-state index contributed by atoms with van der Waals surface area (Å²) in [6, 6.07) is 14.4. The summed E-state index contributed by atoms with van der Waals surface area (Å²) in [5.41, 5.74) is 2.85. The standard InChI is InChI=1S/C23H26N4O3/c1-14(2)20(21-25-17-9-3-4-10-18(17)26-21)27-22(28)15-7-5-8-16(13-15)24-23(29)19-11-6-12-30-19/h3-5,7-10,13-14,19-20H,6,11-12H2,1-2H3,(H,24,29)(H,25,26)(H,27,28)/t19?,20-/m0/s1. The lowest BCUT2D eigenvalue weighted by Gasteiger charge is -2.20. The summed E-state index contributed by atoms with van der Waals surface area (Å²) in [5, 5.41) is 5.92. The first-order chi connectivity index (χ1) is 14.5. The lowest BCUT2D eigenvalue weighted by atomic mass is 10.0. The molecule has 1 aromatic heterocycles. The maximum Gasteiger partial charge on any atom is 0.253 e. The van der Waals surface area contributed by atoms with Gasteiger partial charge in [-0.1, -0.05) is 32.0 Å². The van der Waals surface area contributed by atoms with Crippen LogP contribution in [0.3, 0.4) is 0 Å². The molecule has 1 saturated heterocycles. The lowest BCUT2D eigenvalue weighted by Crippen LogP contribution is -2.32. The van der Waals surface area contributed by atoms with Crippen LogP contribution in [0, 0.1) is 5.92 Å². The van der Waals surface area contributed by atoms with Crippen molar-refractivity contribution in [3.63, 3.8) is 0 Å². The molecule has 1 aliphatic rings. The van der Waals surface area contributed by atoms with E-state index in [1.54, 1.807) is 24.3 Å². The average Bonchev–Trinajstić information content (AvgIpc) is 3.41. The Bertz CT molecular complexity index is 1020. The van der Waals surface area contributed by atoms with Gasteiger partial charge in [-0.05, 0) is 49.1 Å². The first-order valence-corrected chi connectivity index (χ1v) is 10.3. The summed E-state index contributed by atoms with van der Waals surface area (Å²) < 4.78 is 5.42. The fourth-order valence-electron chi connectivity index (χ4n) is 3.64. The van der Waals surface area contributed by atoms with Gasteiger partial charge in [-0.15, -0.1) is 0 Å². The molecular weight excluding hydrogens is 380 g/mol. The third-order valence-corrected chi connectivity index (χ3v) is 5.27. The van der Waals surface area contributed by atoms with Gasteiger partial charge in [0, 0.05) is 17.9 Å². The Hall–Kier alpha value is -3.19. The van der Waals surface area contributed by atoms with Crippen LogP contribution in [0.25, 0.3) is 11.0 Å². The number of H-pyrrole nitrogens is 1. The molecular formula is C23H26N4O3. The Morgan fingerprint density at radius 1 is 1.17 bits per heavy atom. The molecule has 1 fully saturated rings. The number of ether oxygens (including phenoxy) is 1. The highest BCUT2D eigenvalue weighted by Gasteiger charge is 2.25. The lowest BCUT2D eigenvalue weighted by molar-refractivity contribution is -0.124. The van der Waals surface area contributed by atoms with Crippen LogP contribution in [-0.2, 0) is 9.53 Å². The van der Waals surface area contributed by atoms with E-state index >= 15 is 0 Å². The number of imidazole rings is 1. The van der Waals surface area contributed by atoms with Crippen molar-refractivity contribution in [2.24, 2.45) is 5.92 Å². The Kier molecular flexibility index (Phi) is 5.81. The van der Waals surface area contributed by atoms with Crippen molar-refractivity contribution in [2.75, 3.05) is 11.9 Å². The van der Waals surface area contributed by atoms with Gasteiger partial charge in [0.25, 0.3) is 11.8 Å². The second-order valence-electron chi connectivity index (χ2n) is 7.91. The van der Waals surface area contributed by atoms with E-state index in [1.165, 1.54) is 0 Å². The Labute approximate surface area is 175 Å². The molecule has 3 aromatic rings. The van der Waals surface area contributed by atoms with Crippen LogP contribution in [0.2, 0.25) is 0 Å². The number of hydrogen-bond acceptors (Lipinski definition) is 4. The highest BCUT2D eigenvalue weighted by molar-refractivity contribution is 5.98. The predicted molar refractivity (Wildman–Crippen MR) is 115 cm³/mol. The predicted octanol–water partition coefficient (Wildman–Crippen LogP) is 3.81. The van der Waals surface area contributed by atoms with Crippen molar-refractivity contribution in [2.45, 2.75) is 38.8 Å². The maximum atomic E-state index is 13.0. The number of para-hydroxylation sites is 2. The fourth-order valence-corrected chi connectivity index (χ4v) is 3.64. The molecule has 30 heavy (non-hydrogen) atoms. The number of nitrogens with one attached hydrogen (secondary N) is 3. The van der Waals surface area contributed by atoms with Gasteiger partial charge in [-0.25, -0.2) is 4.98 Å². The molecule has 4 rings (SSSR count). The summed E-state index contributed by atoms with van der Waals surface area (Å²) in [7, 11) is 0. The zero-order chi connectivity index (χ0) is 21.1. The van der Waals surface area contributed by atoms with Crippen LogP contribution in [-0.4, -0.2) is 34.5 Å². The van der Waals surface area contributed by atoms with Crippen molar-refractivity contribution in [1.82, 2.24) is 15.3 Å². The van der Waals surface area contributed by atoms with Gasteiger partial charge in [-0.2, -0.15) is 0 Å². The fraction of sp³-hybridized carbons (Fsp3) is 0.348. The van der Waals surface area contributed by atoms with Gasteiger partial charge < -0.3 is 20.4 Å². The zero-order valence-corrected chi connectivity index (χ0v) is 17.1. The zero-order valence-electron chi connectivity index (χ0n) is 17.1. The van der Waals surface area contributed by atoms with E-state index in [4.69, 9.17) is 4.74 Å². The number of fused-ring (bicyclic) bond motifs is 1. The molecule has 156 valence electrons. The van der Waals surface area contributed by atoms with Gasteiger partial charge in [0.15, 0.2) is 0 Å². The second-order valence-corrected chi connectivity index (χ2v) is 7.91. The van der Waals surface area contributed by atoms with Crippen LogP contribution in [0.1, 0.15) is 48.9 Å². The first-order valence-electron chi connectivity index (χ1n) is 10.3. The number of benzene rings is 2. The van der Waals surface area contributed by atoms with Crippen molar-refractivity contribution in [3.05, 3.63) is 59.9 Å². The van der Waals surface area contributed by atoms with E-state index in [0.29, 0.717) is 17.9 Å². The molecule has 1 aliphatic heterocycles. The minimum atomic E-state index is -0.416. The topological polar surface area (TPSA) is 96.1 Å². The van der Waals surface area contributed by atoms with Crippen LogP contribution < -0.4 is 10.6 Å². The van der Waals surface area contributed by atoms with Gasteiger partial charge in [0.1, 0.15) is 11.9 Å². The van der Waals surface area contributed by atoms with E-state index in [2.05, 4.69) is 20.6 Å². The molecule has 1 unspecified atom stereocenters. The normalized spacial score (nSPS) is 17.2. The molecule has 7 nitrogen and oxygen atoms in total. The number of amides is 2. The number of aromatic nitrogens is 2. The Morgan fingerprint density at radius 2 is 2.00 bits per heavy atom. The van der Waals surface area contributed by atoms with Crippen molar-refractivity contribution in [3.8, 4) is 0 Å². The Morgan fingerprint density at radius 3 is 2.73 bits per heavy atom. The third-order valence-electron chi connectivity index (χ3n) is 5.27. The minimum Gasteiger partial charge on any atom is -0.368 e. The van der Waals surface area contributed by atoms with Crippen LogP contribution >= 0.6 is 0 Å². The van der Waals surface area contributed by atoms with Crippen LogP contribution in [0.15, 0.2) is 48.5 Å². The number of nitrogens with zero attached hydrogens (tertiary/aromatic N) is 1. The van der Waals surface area contributed by atoms with Gasteiger partial charge in [-0.3, -0.25) is 9.59 Å². The SMILES string of the molecule is CC(C)[C@H](NC(=O)c1cccc(NC(=O)C2CCCO2)c1)c1nc2ccccc2[nH]1. The number of carbonyl (C=O) groups is 2. The van der Waals surface area contributed by atoms with Gasteiger partial charge in [0.05, 0.1) is 17.1 Å². The Balaban J connectivity index is 1.49. The summed E-state index contributed by atoms with van der Waals surface area (Å²) in [4.78, 5) is 33.2. The number of rotatable bonds is 6. The first kappa shape index (κ1) is 20.1. The summed E-state index contributed by atoms with van der Waals surface area (Å²) >= 11 is 0. The van der Waals surface area contributed by atoms with Crippen molar-refractivity contribution in [1.29, 1.82) is 0 Å².